The minimum Gasteiger partial charge on any atom is -0.387 e. The molecule has 0 aliphatic carbocycles. The molecule has 1 fully saturated rings. The van der Waals surface area contributed by atoms with Gasteiger partial charge in [0.25, 0.3) is 0 Å². The van der Waals surface area contributed by atoms with E-state index < -0.39 is 37.3 Å². The number of hydrogen-bond donors (Lipinski definition) is 3. The van der Waals surface area contributed by atoms with E-state index in [0.717, 1.165) is 12.8 Å². The van der Waals surface area contributed by atoms with Crippen LogP contribution in [0.15, 0.2) is 0 Å². The lowest BCUT2D eigenvalue weighted by molar-refractivity contribution is -0.296. The summed E-state index contributed by atoms with van der Waals surface area (Å²) in [6.45, 7) is 1.53. The molecule has 1 aliphatic heterocycles. The minimum atomic E-state index is -1.36. The van der Waals surface area contributed by atoms with Crippen LogP contribution in [0, 0.1) is 0 Å². The van der Waals surface area contributed by atoms with Crippen LogP contribution in [0.4, 0.5) is 0 Å². The Morgan fingerprint density at radius 1 is 0.840 bits per heavy atom. The van der Waals surface area contributed by atoms with E-state index in [-0.39, 0.29) is 6.61 Å². The Bertz CT molecular complexity index is 344. The first kappa shape index (κ1) is 21.1. The van der Waals surface area contributed by atoms with Crippen molar-refractivity contribution in [2.24, 2.45) is 0 Å². The normalized spacial score (nSPS) is 31.7. The molecular formula is C19H38O6. The van der Waals surface area contributed by atoms with Gasteiger partial charge in [0.1, 0.15) is 24.4 Å². The van der Waals surface area contributed by atoms with Crippen LogP contribution >= 0.6 is 0 Å². The van der Waals surface area contributed by atoms with Crippen LogP contribution in [0.5, 0.6) is 0 Å². The molecule has 25 heavy (non-hydrogen) atoms. The van der Waals surface area contributed by atoms with Crippen LogP contribution < -0.4 is 0 Å². The van der Waals surface area contributed by atoms with Crippen molar-refractivity contribution in [3.05, 3.63) is 0 Å². The van der Waals surface area contributed by atoms with Gasteiger partial charge < -0.3 is 29.5 Å². The molecular weight excluding hydrogens is 324 g/mol. The molecule has 1 heterocycles. The molecule has 150 valence electrons. The van der Waals surface area contributed by atoms with Gasteiger partial charge >= 0.3 is 0 Å². The zero-order valence-electron chi connectivity index (χ0n) is 16.8. The molecule has 0 spiro atoms. The summed E-state index contributed by atoms with van der Waals surface area (Å²) in [4.78, 5) is 0. The zero-order chi connectivity index (χ0) is 19.4. The number of rotatable bonds is 14. The van der Waals surface area contributed by atoms with E-state index in [4.69, 9.17) is 15.6 Å². The van der Waals surface area contributed by atoms with Gasteiger partial charge in [0, 0.05) is 13.7 Å². The summed E-state index contributed by atoms with van der Waals surface area (Å²) in [6.07, 6.45) is 5.94. The Morgan fingerprint density at radius 2 is 1.40 bits per heavy atom. The predicted octanol–water partition coefficient (Wildman–Crippen LogP) is 2.38. The summed E-state index contributed by atoms with van der Waals surface area (Å²) < 4.78 is 23.7. The van der Waals surface area contributed by atoms with E-state index in [1.807, 2.05) is 0 Å². The average molecular weight is 364 g/mol. The van der Waals surface area contributed by atoms with E-state index in [0.29, 0.717) is 6.42 Å². The summed E-state index contributed by atoms with van der Waals surface area (Å²) in [5.74, 6) is 0. The predicted molar refractivity (Wildman–Crippen MR) is 96.4 cm³/mol. The molecule has 0 bridgehead atoms. The second kappa shape index (κ2) is 13.9. The van der Waals surface area contributed by atoms with Gasteiger partial charge in [0.15, 0.2) is 6.29 Å². The highest BCUT2D eigenvalue weighted by molar-refractivity contribution is 4.88. The molecule has 0 saturated carbocycles. The van der Waals surface area contributed by atoms with Gasteiger partial charge in [-0.25, -0.2) is 0 Å². The Kier molecular flexibility index (Phi) is 11.7. The molecule has 0 radical (unpaired) electrons. The molecule has 0 aromatic carbocycles. The van der Waals surface area contributed by atoms with Crippen LogP contribution in [0.1, 0.15) is 72.5 Å². The highest BCUT2D eigenvalue weighted by atomic mass is 16.7. The summed E-state index contributed by atoms with van der Waals surface area (Å²) in [5.41, 5.74) is 0. The monoisotopic (exact) mass is 363 g/mol. The smallest absolute Gasteiger partial charge is 0.186 e. The van der Waals surface area contributed by atoms with Gasteiger partial charge in [-0.2, -0.15) is 0 Å². The van der Waals surface area contributed by atoms with Crippen molar-refractivity contribution >= 4 is 0 Å². The van der Waals surface area contributed by atoms with Crippen molar-refractivity contribution in [2.75, 3.05) is 20.3 Å². The summed E-state index contributed by atoms with van der Waals surface area (Å²) >= 11 is 0. The van der Waals surface area contributed by atoms with Crippen LogP contribution in [-0.4, -0.2) is 66.3 Å². The van der Waals surface area contributed by atoms with Gasteiger partial charge in [0.2, 0.25) is 0 Å². The Balaban J connectivity index is 2.09. The SMILES string of the molecule is [2H]C(CCCCCCCCCCC)OC[C@H]1OC(OC)[C@H](O)[C@@H](O)[C@@H]1O. The third-order valence-corrected chi connectivity index (χ3v) is 4.70. The lowest BCUT2D eigenvalue weighted by Gasteiger charge is -2.39. The molecule has 1 rings (SSSR count). The van der Waals surface area contributed by atoms with E-state index in [1.165, 1.54) is 52.1 Å². The van der Waals surface area contributed by atoms with Gasteiger partial charge in [-0.3, -0.25) is 0 Å². The first-order chi connectivity index (χ1) is 12.5. The fourth-order valence-electron chi connectivity index (χ4n) is 3.03. The molecule has 1 aliphatic rings. The maximum Gasteiger partial charge on any atom is 0.186 e. The molecule has 2 unspecified atom stereocenters. The van der Waals surface area contributed by atoms with Gasteiger partial charge in [-0.1, -0.05) is 64.7 Å². The zero-order valence-corrected chi connectivity index (χ0v) is 15.8. The number of hydrogen-bond acceptors (Lipinski definition) is 6. The molecule has 0 amide bonds. The van der Waals surface area contributed by atoms with Crippen molar-refractivity contribution in [3.8, 4) is 0 Å². The first-order valence-corrected chi connectivity index (χ1v) is 9.77. The molecule has 6 atom stereocenters. The lowest BCUT2D eigenvalue weighted by atomic mass is 9.99. The van der Waals surface area contributed by atoms with Crippen LogP contribution in [0.3, 0.4) is 0 Å². The Hall–Kier alpha value is -0.240. The summed E-state index contributed by atoms with van der Waals surface area (Å²) in [7, 11) is 1.35. The highest BCUT2D eigenvalue weighted by Gasteiger charge is 2.43. The minimum absolute atomic E-state index is 0.0175. The van der Waals surface area contributed by atoms with Crippen molar-refractivity contribution in [2.45, 2.75) is 102 Å². The second-order valence-corrected chi connectivity index (χ2v) is 6.87. The Morgan fingerprint density at radius 3 is 1.96 bits per heavy atom. The molecule has 6 heteroatoms. The molecule has 3 N–H and O–H groups in total. The fourth-order valence-corrected chi connectivity index (χ4v) is 3.03. The summed E-state index contributed by atoms with van der Waals surface area (Å²) in [6, 6.07) is 0. The van der Waals surface area contributed by atoms with Crippen LogP contribution in [0.25, 0.3) is 0 Å². The van der Waals surface area contributed by atoms with Crippen molar-refractivity contribution in [1.29, 1.82) is 0 Å². The van der Waals surface area contributed by atoms with E-state index >= 15 is 0 Å². The maximum absolute atomic E-state index is 9.95. The third kappa shape index (κ3) is 8.80. The number of ether oxygens (including phenoxy) is 3. The van der Waals surface area contributed by atoms with E-state index in [9.17, 15) is 15.3 Å². The highest BCUT2D eigenvalue weighted by Crippen LogP contribution is 2.22. The van der Waals surface area contributed by atoms with Crippen molar-refractivity contribution < 1.29 is 30.9 Å². The van der Waals surface area contributed by atoms with Crippen LogP contribution in [-0.2, 0) is 14.2 Å². The van der Waals surface area contributed by atoms with Gasteiger partial charge in [-0.15, -0.1) is 0 Å². The van der Waals surface area contributed by atoms with E-state index in [2.05, 4.69) is 6.92 Å². The first-order valence-electron chi connectivity index (χ1n) is 10.3. The largest absolute Gasteiger partial charge is 0.387 e. The quantitative estimate of drug-likeness (QED) is 0.411. The lowest BCUT2D eigenvalue weighted by Crippen LogP contribution is -2.59. The standard InChI is InChI=1S/C19H38O6/c1-3-4-5-6-7-8-9-10-11-12-13-24-14-15-16(20)17(21)18(22)19(23-2)25-15/h15-22H,3-14H2,1-2H3/t15-,16-,17+,18-,19?/m1/s1/i13D/t13?,15-,16-,17+,18-,19?. The molecule has 1 saturated heterocycles. The number of aliphatic hydroxyl groups is 3. The molecule has 0 aromatic heterocycles. The number of methoxy groups -OCH3 is 1. The third-order valence-electron chi connectivity index (χ3n) is 4.70. The average Bonchev–Trinajstić information content (AvgIpc) is 2.64. The molecule has 6 nitrogen and oxygen atoms in total. The summed E-state index contributed by atoms with van der Waals surface area (Å²) in [5, 5.41) is 29.5. The second-order valence-electron chi connectivity index (χ2n) is 6.87. The topological polar surface area (TPSA) is 88.4 Å². The van der Waals surface area contributed by atoms with E-state index in [1.54, 1.807) is 0 Å². The fraction of sp³-hybridized carbons (Fsp3) is 1.00. The number of unbranched alkanes of at least 4 members (excludes halogenated alkanes) is 8. The molecule has 0 aromatic rings. The van der Waals surface area contributed by atoms with Gasteiger partial charge in [-0.05, 0) is 6.42 Å². The maximum atomic E-state index is 9.95. The van der Waals surface area contributed by atoms with Gasteiger partial charge in [0.05, 0.1) is 7.98 Å². The van der Waals surface area contributed by atoms with Crippen LogP contribution in [0.2, 0.25) is 0 Å². The van der Waals surface area contributed by atoms with Crippen molar-refractivity contribution in [3.63, 3.8) is 0 Å². The number of aliphatic hydroxyl groups excluding tert-OH is 3. The van der Waals surface area contributed by atoms with Crippen molar-refractivity contribution in [1.82, 2.24) is 0 Å². The Labute approximate surface area is 153 Å².